The summed E-state index contributed by atoms with van der Waals surface area (Å²) in [6.45, 7) is 6.64. The molecule has 0 bridgehead atoms. The Bertz CT molecular complexity index is 960. The molecule has 0 radical (unpaired) electrons. The van der Waals surface area contributed by atoms with E-state index in [0.717, 1.165) is 37.8 Å². The van der Waals surface area contributed by atoms with E-state index < -0.39 is 32.7 Å². The van der Waals surface area contributed by atoms with Gasteiger partial charge >= 0.3 is 5.97 Å². The maximum absolute atomic E-state index is 13.8. The third-order valence-electron chi connectivity index (χ3n) is 5.34. The predicted octanol–water partition coefficient (Wildman–Crippen LogP) is 4.68. The minimum absolute atomic E-state index is 0.00839. The lowest BCUT2D eigenvalue weighted by Crippen LogP contribution is -2.37. The van der Waals surface area contributed by atoms with Gasteiger partial charge in [0.1, 0.15) is 28.4 Å². The van der Waals surface area contributed by atoms with Gasteiger partial charge in [-0.2, -0.15) is 0 Å². The van der Waals surface area contributed by atoms with Gasteiger partial charge in [-0.15, -0.1) is 0 Å². The summed E-state index contributed by atoms with van der Waals surface area (Å²) in [5.74, 6) is -3.32. The van der Waals surface area contributed by atoms with E-state index in [-0.39, 0.29) is 29.3 Å². The van der Waals surface area contributed by atoms with Gasteiger partial charge in [-0.3, -0.25) is 0 Å². The molecule has 1 atom stereocenters. The smallest absolute Gasteiger partial charge is 0.331 e. The Kier molecular flexibility index (Phi) is 9.24. The van der Waals surface area contributed by atoms with Crippen molar-refractivity contribution in [2.24, 2.45) is 0 Å². The van der Waals surface area contributed by atoms with Gasteiger partial charge in [-0.25, -0.2) is 22.0 Å². The Labute approximate surface area is 188 Å². The van der Waals surface area contributed by atoms with Crippen molar-refractivity contribution in [1.82, 2.24) is 4.90 Å². The molecule has 1 aromatic carbocycles. The van der Waals surface area contributed by atoms with E-state index in [1.54, 1.807) is 0 Å². The molecule has 1 aliphatic carbocycles. The Balaban J connectivity index is 2.72. The van der Waals surface area contributed by atoms with E-state index >= 15 is 0 Å². The average Bonchev–Trinajstić information content (AvgIpc) is 2.73. The fourth-order valence-corrected chi connectivity index (χ4v) is 4.85. The lowest BCUT2D eigenvalue weighted by molar-refractivity contribution is -0.132. The molecule has 1 aromatic rings. The fourth-order valence-electron chi connectivity index (χ4n) is 3.52. The molecule has 0 heterocycles. The molecule has 0 amide bonds. The van der Waals surface area contributed by atoms with E-state index in [4.69, 9.17) is 4.74 Å². The van der Waals surface area contributed by atoms with Crippen LogP contribution in [0.1, 0.15) is 52.9 Å². The SMILES string of the molecule is CCCCN(CCCC)C1=C(Oc2cc(F)cc(F)c2)C(S(=O)(=O)CC)CC(C(=O)O)=C1. The number of carboxylic acids is 1. The lowest BCUT2D eigenvalue weighted by atomic mass is 9.99. The van der Waals surface area contributed by atoms with Crippen LogP contribution < -0.4 is 4.74 Å². The zero-order chi connectivity index (χ0) is 23.9. The molecule has 2 rings (SSSR count). The van der Waals surface area contributed by atoms with E-state index in [1.165, 1.54) is 13.0 Å². The van der Waals surface area contributed by atoms with E-state index in [9.17, 15) is 27.1 Å². The number of nitrogens with zero attached hydrogens (tertiary/aromatic N) is 1. The first-order valence-corrected chi connectivity index (χ1v) is 12.6. The molecule has 32 heavy (non-hydrogen) atoms. The highest BCUT2D eigenvalue weighted by atomic mass is 32.2. The van der Waals surface area contributed by atoms with E-state index in [1.807, 2.05) is 18.7 Å². The Morgan fingerprint density at radius 2 is 1.66 bits per heavy atom. The molecule has 0 aliphatic heterocycles. The van der Waals surface area contributed by atoms with E-state index in [0.29, 0.717) is 24.9 Å². The normalized spacial score (nSPS) is 16.7. The maximum Gasteiger partial charge on any atom is 0.331 e. The summed E-state index contributed by atoms with van der Waals surface area (Å²) in [7, 11) is -3.79. The number of sulfone groups is 1. The summed E-state index contributed by atoms with van der Waals surface area (Å²) >= 11 is 0. The molecule has 6 nitrogen and oxygen atoms in total. The van der Waals surface area contributed by atoms with Crippen LogP contribution in [0, 0.1) is 11.6 Å². The van der Waals surface area contributed by atoms with Gasteiger partial charge in [0.15, 0.2) is 9.84 Å². The molecule has 1 N–H and O–H groups in total. The standard InChI is InChI=1S/C23H31F2NO5S/c1-4-7-9-26(10-8-5-2)20-11-16(23(27)28)12-21(32(29,30)6-3)22(20)31-19-14-17(24)13-18(25)15-19/h11,13-15,21H,4-10,12H2,1-3H3,(H,27,28). The zero-order valence-corrected chi connectivity index (χ0v) is 19.6. The summed E-state index contributed by atoms with van der Waals surface area (Å²) in [6.07, 6.45) is 4.52. The van der Waals surface area contributed by atoms with Crippen LogP contribution in [-0.4, -0.2) is 48.5 Å². The minimum atomic E-state index is -3.79. The van der Waals surface area contributed by atoms with Crippen LogP contribution in [0.4, 0.5) is 8.78 Å². The van der Waals surface area contributed by atoms with E-state index in [2.05, 4.69) is 0 Å². The summed E-state index contributed by atoms with van der Waals surface area (Å²) < 4.78 is 59.3. The summed E-state index contributed by atoms with van der Waals surface area (Å²) in [4.78, 5) is 13.7. The predicted molar refractivity (Wildman–Crippen MR) is 119 cm³/mol. The first kappa shape index (κ1) is 25.8. The maximum atomic E-state index is 13.8. The molecule has 9 heteroatoms. The number of benzene rings is 1. The number of allylic oxidation sites excluding steroid dienone is 1. The molecule has 1 unspecified atom stereocenters. The second-order valence-electron chi connectivity index (χ2n) is 7.77. The zero-order valence-electron chi connectivity index (χ0n) is 18.7. The molecular formula is C23H31F2NO5S. The molecule has 178 valence electrons. The number of rotatable bonds is 12. The topological polar surface area (TPSA) is 83.9 Å². The molecule has 1 aliphatic rings. The van der Waals surface area contributed by atoms with Gasteiger partial charge in [0, 0.05) is 49.0 Å². The van der Waals surface area contributed by atoms with Crippen LogP contribution in [-0.2, 0) is 14.6 Å². The van der Waals surface area contributed by atoms with Gasteiger partial charge in [-0.05, 0) is 18.9 Å². The van der Waals surface area contributed by atoms with Gasteiger partial charge in [0.05, 0.1) is 5.70 Å². The Hall–Kier alpha value is -2.42. The van der Waals surface area contributed by atoms with Crippen molar-refractivity contribution in [2.45, 2.75) is 58.1 Å². The molecule has 0 fully saturated rings. The minimum Gasteiger partial charge on any atom is -0.478 e. The highest BCUT2D eigenvalue weighted by molar-refractivity contribution is 7.92. The molecule has 0 saturated carbocycles. The molecule has 0 spiro atoms. The molecular weight excluding hydrogens is 440 g/mol. The van der Waals surface area contributed by atoms with Crippen LogP contribution >= 0.6 is 0 Å². The number of hydrogen-bond donors (Lipinski definition) is 1. The van der Waals surface area contributed by atoms with Crippen molar-refractivity contribution in [3.63, 3.8) is 0 Å². The van der Waals surface area contributed by atoms with Crippen LogP contribution in [0.5, 0.6) is 5.75 Å². The van der Waals surface area contributed by atoms with Gasteiger partial charge in [-0.1, -0.05) is 33.6 Å². The number of carbonyl (C=O) groups is 1. The van der Waals surface area contributed by atoms with Crippen LogP contribution in [0.25, 0.3) is 0 Å². The third-order valence-corrected chi connectivity index (χ3v) is 7.39. The lowest BCUT2D eigenvalue weighted by Gasteiger charge is -2.33. The number of ether oxygens (including phenoxy) is 1. The molecule has 0 saturated heterocycles. The second-order valence-corrected chi connectivity index (χ2v) is 10.2. The van der Waals surface area contributed by atoms with Crippen molar-refractivity contribution >= 4 is 15.8 Å². The Morgan fingerprint density at radius 1 is 1.09 bits per heavy atom. The number of hydrogen-bond acceptors (Lipinski definition) is 5. The summed E-state index contributed by atoms with van der Waals surface area (Å²) in [6, 6.07) is 2.64. The largest absolute Gasteiger partial charge is 0.478 e. The van der Waals surface area contributed by atoms with Crippen LogP contribution in [0.2, 0.25) is 0 Å². The van der Waals surface area contributed by atoms with Gasteiger partial charge in [0.2, 0.25) is 0 Å². The number of unbranched alkanes of at least 4 members (excludes halogenated alkanes) is 2. The van der Waals surface area contributed by atoms with Gasteiger partial charge in [0.25, 0.3) is 0 Å². The average molecular weight is 472 g/mol. The highest BCUT2D eigenvalue weighted by Crippen LogP contribution is 2.34. The van der Waals surface area contributed by atoms with Crippen LogP contribution in [0.15, 0.2) is 41.3 Å². The summed E-state index contributed by atoms with van der Waals surface area (Å²) in [5, 5.41) is 8.38. The van der Waals surface area contributed by atoms with Crippen LogP contribution in [0.3, 0.4) is 0 Å². The van der Waals surface area contributed by atoms with Gasteiger partial charge < -0.3 is 14.7 Å². The van der Waals surface area contributed by atoms with Crippen molar-refractivity contribution in [3.05, 3.63) is 52.9 Å². The van der Waals surface area contributed by atoms with Crippen molar-refractivity contribution in [2.75, 3.05) is 18.8 Å². The fraction of sp³-hybridized carbons (Fsp3) is 0.522. The number of aliphatic carboxylic acids is 1. The number of carboxylic acid groups (broad SMARTS) is 1. The monoisotopic (exact) mass is 471 g/mol. The number of halogens is 2. The second kappa shape index (κ2) is 11.4. The first-order valence-electron chi connectivity index (χ1n) is 10.9. The first-order chi connectivity index (χ1) is 15.1. The molecule has 0 aromatic heterocycles. The quantitative estimate of drug-likeness (QED) is 0.477. The highest BCUT2D eigenvalue weighted by Gasteiger charge is 2.38. The van der Waals surface area contributed by atoms with Crippen molar-refractivity contribution < 1.29 is 31.8 Å². The summed E-state index contributed by atoms with van der Waals surface area (Å²) in [5.41, 5.74) is 0.292. The van der Waals surface area contributed by atoms with Crippen molar-refractivity contribution in [3.8, 4) is 5.75 Å². The Morgan fingerprint density at radius 3 is 2.12 bits per heavy atom. The third kappa shape index (κ3) is 6.54. The van der Waals surface area contributed by atoms with Crippen molar-refractivity contribution in [1.29, 1.82) is 0 Å².